The number of carboxylic acids is 1. The number of carbonyl (C=O) groups excluding carboxylic acids is 1. The number of hydrogen-bond acceptors (Lipinski definition) is 2. The molecular formula is C17H21NO3. The maximum atomic E-state index is 12.8. The van der Waals surface area contributed by atoms with E-state index in [-0.39, 0.29) is 24.8 Å². The average Bonchev–Trinajstić information content (AvgIpc) is 3.22. The molecule has 1 aromatic carbocycles. The fourth-order valence-corrected chi connectivity index (χ4v) is 3.72. The summed E-state index contributed by atoms with van der Waals surface area (Å²) in [7, 11) is 0. The van der Waals surface area contributed by atoms with Crippen molar-refractivity contribution in [3.8, 4) is 0 Å². The number of carboxylic acid groups (broad SMARTS) is 1. The molecule has 21 heavy (non-hydrogen) atoms. The van der Waals surface area contributed by atoms with E-state index >= 15 is 0 Å². The highest BCUT2D eigenvalue weighted by molar-refractivity contribution is 5.97. The highest BCUT2D eigenvalue weighted by Gasteiger charge is 2.55. The zero-order valence-corrected chi connectivity index (χ0v) is 12.1. The van der Waals surface area contributed by atoms with E-state index in [4.69, 9.17) is 5.11 Å². The molecule has 2 aliphatic rings. The summed E-state index contributed by atoms with van der Waals surface area (Å²) in [5, 5.41) is 8.91. The molecule has 0 saturated heterocycles. The van der Waals surface area contributed by atoms with Crippen LogP contribution in [0.1, 0.15) is 32.1 Å². The third kappa shape index (κ3) is 2.94. The van der Waals surface area contributed by atoms with Gasteiger partial charge in [0.05, 0.1) is 6.42 Å². The van der Waals surface area contributed by atoms with Crippen molar-refractivity contribution in [3.63, 3.8) is 0 Å². The minimum atomic E-state index is -0.864. The van der Waals surface area contributed by atoms with E-state index in [1.807, 2.05) is 30.3 Å². The first-order chi connectivity index (χ1) is 10.2. The molecule has 0 aromatic heterocycles. The second-order valence-electron chi connectivity index (χ2n) is 6.11. The Morgan fingerprint density at radius 2 is 1.71 bits per heavy atom. The lowest BCUT2D eigenvalue weighted by Gasteiger charge is -2.22. The van der Waals surface area contributed by atoms with Gasteiger partial charge in [-0.3, -0.25) is 9.59 Å². The van der Waals surface area contributed by atoms with E-state index in [0.29, 0.717) is 11.8 Å². The molecule has 1 N–H and O–H groups in total. The predicted octanol–water partition coefficient (Wildman–Crippen LogP) is 2.93. The molecule has 0 radical (unpaired) electrons. The Balaban J connectivity index is 1.75. The lowest BCUT2D eigenvalue weighted by Crippen LogP contribution is -2.35. The summed E-state index contributed by atoms with van der Waals surface area (Å²) in [4.78, 5) is 25.4. The molecule has 4 heteroatoms. The molecule has 0 aliphatic heterocycles. The van der Waals surface area contributed by atoms with E-state index in [1.54, 1.807) is 4.90 Å². The van der Waals surface area contributed by atoms with Crippen molar-refractivity contribution in [3.05, 3.63) is 30.3 Å². The van der Waals surface area contributed by atoms with E-state index in [0.717, 1.165) is 18.5 Å². The number of fused-ring (bicyclic) bond motifs is 1. The molecule has 3 rings (SSSR count). The average molecular weight is 287 g/mol. The Bertz CT molecular complexity index is 516. The van der Waals surface area contributed by atoms with Crippen molar-refractivity contribution in [1.82, 2.24) is 0 Å². The van der Waals surface area contributed by atoms with Crippen LogP contribution in [0.3, 0.4) is 0 Å². The first-order valence-corrected chi connectivity index (χ1v) is 7.76. The second kappa shape index (κ2) is 5.88. The van der Waals surface area contributed by atoms with Crippen LogP contribution in [0.5, 0.6) is 0 Å². The first-order valence-electron chi connectivity index (χ1n) is 7.76. The van der Waals surface area contributed by atoms with Crippen LogP contribution >= 0.6 is 0 Å². The summed E-state index contributed by atoms with van der Waals surface area (Å²) in [6.07, 6.45) is 4.75. The largest absolute Gasteiger partial charge is 0.481 e. The van der Waals surface area contributed by atoms with Crippen molar-refractivity contribution in [2.75, 3.05) is 11.4 Å². The van der Waals surface area contributed by atoms with Crippen LogP contribution in [0.4, 0.5) is 5.69 Å². The fourth-order valence-electron chi connectivity index (χ4n) is 3.72. The van der Waals surface area contributed by atoms with E-state index in [1.165, 1.54) is 12.8 Å². The van der Waals surface area contributed by atoms with Gasteiger partial charge in [0.2, 0.25) is 5.91 Å². The molecule has 0 spiro atoms. The summed E-state index contributed by atoms with van der Waals surface area (Å²) in [6, 6.07) is 9.44. The molecule has 112 valence electrons. The van der Waals surface area contributed by atoms with Crippen molar-refractivity contribution >= 4 is 17.6 Å². The van der Waals surface area contributed by atoms with Gasteiger partial charge in [-0.2, -0.15) is 0 Å². The smallest absolute Gasteiger partial charge is 0.305 e. The van der Waals surface area contributed by atoms with Gasteiger partial charge in [-0.1, -0.05) is 31.0 Å². The monoisotopic (exact) mass is 287 g/mol. The highest BCUT2D eigenvalue weighted by Crippen LogP contribution is 2.56. The summed E-state index contributed by atoms with van der Waals surface area (Å²) in [5.74, 6) is 0.474. The third-order valence-corrected chi connectivity index (χ3v) is 4.82. The molecule has 2 aliphatic carbocycles. The minimum absolute atomic E-state index is 0.0112. The molecule has 2 saturated carbocycles. The van der Waals surface area contributed by atoms with Crippen LogP contribution in [-0.4, -0.2) is 23.5 Å². The van der Waals surface area contributed by atoms with Gasteiger partial charge in [0.25, 0.3) is 0 Å². The Kier molecular flexibility index (Phi) is 3.95. The molecule has 1 aromatic rings. The van der Waals surface area contributed by atoms with Gasteiger partial charge in [-0.05, 0) is 36.8 Å². The van der Waals surface area contributed by atoms with Crippen molar-refractivity contribution in [1.29, 1.82) is 0 Å². The van der Waals surface area contributed by atoms with Crippen LogP contribution in [0.25, 0.3) is 0 Å². The van der Waals surface area contributed by atoms with Crippen molar-refractivity contribution in [2.45, 2.75) is 32.1 Å². The minimum Gasteiger partial charge on any atom is -0.481 e. The number of amides is 1. The Morgan fingerprint density at radius 3 is 2.29 bits per heavy atom. The number of nitrogens with zero attached hydrogens (tertiary/aromatic N) is 1. The normalized spacial score (nSPS) is 26.8. The maximum absolute atomic E-state index is 12.8. The zero-order chi connectivity index (χ0) is 14.8. The van der Waals surface area contributed by atoms with Crippen LogP contribution in [-0.2, 0) is 9.59 Å². The number of anilines is 1. The number of rotatable bonds is 5. The van der Waals surface area contributed by atoms with Crippen molar-refractivity contribution < 1.29 is 14.7 Å². The van der Waals surface area contributed by atoms with Gasteiger partial charge < -0.3 is 10.0 Å². The lowest BCUT2D eigenvalue weighted by molar-refractivity contribution is -0.136. The van der Waals surface area contributed by atoms with Crippen LogP contribution in [0, 0.1) is 17.8 Å². The molecule has 2 fully saturated rings. The number of benzene rings is 1. The number of carbonyl (C=O) groups is 2. The van der Waals surface area contributed by atoms with Gasteiger partial charge >= 0.3 is 5.97 Å². The fraction of sp³-hybridized carbons (Fsp3) is 0.529. The Morgan fingerprint density at radius 1 is 1.10 bits per heavy atom. The number of para-hydroxylation sites is 1. The summed E-state index contributed by atoms with van der Waals surface area (Å²) < 4.78 is 0. The van der Waals surface area contributed by atoms with Crippen LogP contribution in [0.2, 0.25) is 0 Å². The summed E-state index contributed by atoms with van der Waals surface area (Å²) in [6.45, 7) is 0.258. The van der Waals surface area contributed by atoms with E-state index in [9.17, 15) is 9.59 Å². The van der Waals surface area contributed by atoms with E-state index in [2.05, 4.69) is 0 Å². The second-order valence-corrected chi connectivity index (χ2v) is 6.11. The van der Waals surface area contributed by atoms with Gasteiger partial charge in [-0.15, -0.1) is 0 Å². The lowest BCUT2D eigenvalue weighted by atomic mass is 10.0. The van der Waals surface area contributed by atoms with Crippen molar-refractivity contribution in [2.24, 2.45) is 17.8 Å². The summed E-state index contributed by atoms with van der Waals surface area (Å²) >= 11 is 0. The third-order valence-electron chi connectivity index (χ3n) is 4.82. The first kappa shape index (κ1) is 14.1. The molecule has 0 bridgehead atoms. The maximum Gasteiger partial charge on any atom is 0.305 e. The topological polar surface area (TPSA) is 57.6 Å². The van der Waals surface area contributed by atoms with Gasteiger partial charge in [0.15, 0.2) is 0 Å². The Hall–Kier alpha value is -1.84. The van der Waals surface area contributed by atoms with Gasteiger partial charge in [0.1, 0.15) is 0 Å². The quantitative estimate of drug-likeness (QED) is 0.906. The predicted molar refractivity (Wildman–Crippen MR) is 80.0 cm³/mol. The molecule has 4 nitrogen and oxygen atoms in total. The SMILES string of the molecule is O=C(O)CCN(C(=O)C1C2CCCCC21)c1ccccc1. The zero-order valence-electron chi connectivity index (χ0n) is 12.1. The molecule has 2 unspecified atom stereocenters. The van der Waals surface area contributed by atoms with Gasteiger partial charge in [0, 0.05) is 18.2 Å². The highest BCUT2D eigenvalue weighted by atomic mass is 16.4. The summed E-state index contributed by atoms with van der Waals surface area (Å²) in [5.41, 5.74) is 0.812. The standard InChI is InChI=1S/C17H21NO3/c19-15(20)10-11-18(12-6-2-1-3-7-12)17(21)16-13-8-4-5-9-14(13)16/h1-3,6-7,13-14,16H,4-5,8-11H2,(H,19,20). The molecule has 0 heterocycles. The number of hydrogen-bond donors (Lipinski definition) is 1. The van der Waals surface area contributed by atoms with Gasteiger partial charge in [-0.25, -0.2) is 0 Å². The van der Waals surface area contributed by atoms with E-state index < -0.39 is 5.97 Å². The molecule has 1 amide bonds. The Labute approximate surface area is 124 Å². The van der Waals surface area contributed by atoms with Crippen LogP contribution in [0.15, 0.2) is 30.3 Å². The molecular weight excluding hydrogens is 266 g/mol. The van der Waals surface area contributed by atoms with Crippen LogP contribution < -0.4 is 4.90 Å². The molecule has 2 atom stereocenters. The number of aliphatic carboxylic acids is 1.